The smallest absolute Gasteiger partial charge is 0.258 e. The van der Waals surface area contributed by atoms with E-state index in [-0.39, 0.29) is 11.3 Å². The number of hydrogen-bond acceptors (Lipinski definition) is 2. The third-order valence-electron chi connectivity index (χ3n) is 2.62. The van der Waals surface area contributed by atoms with Crippen LogP contribution >= 0.6 is 0 Å². The minimum atomic E-state index is -0.613. The van der Waals surface area contributed by atoms with Crippen molar-refractivity contribution in [3.8, 4) is 0 Å². The topological polar surface area (TPSA) is 55.1 Å². The number of nitrogen functional groups attached to an aromatic ring is 1. The van der Waals surface area contributed by atoms with Gasteiger partial charge in [0, 0.05) is 5.69 Å². The molecular formula is C14H12F2N2O. The summed E-state index contributed by atoms with van der Waals surface area (Å²) in [5, 5.41) is 2.47. The zero-order valence-corrected chi connectivity index (χ0v) is 10.2. The average molecular weight is 262 g/mol. The third kappa shape index (κ3) is 2.88. The summed E-state index contributed by atoms with van der Waals surface area (Å²) in [5.41, 5.74) is 6.32. The monoisotopic (exact) mass is 262 g/mol. The van der Waals surface area contributed by atoms with Crippen molar-refractivity contribution in [3.05, 3.63) is 59.2 Å². The van der Waals surface area contributed by atoms with Crippen molar-refractivity contribution in [2.45, 2.75) is 6.92 Å². The highest BCUT2D eigenvalue weighted by molar-refractivity contribution is 6.04. The quantitative estimate of drug-likeness (QED) is 0.817. The van der Waals surface area contributed by atoms with Gasteiger partial charge in [0.25, 0.3) is 5.91 Å². The molecule has 3 nitrogen and oxygen atoms in total. The van der Waals surface area contributed by atoms with Crippen LogP contribution in [0.2, 0.25) is 0 Å². The second kappa shape index (κ2) is 5.06. The van der Waals surface area contributed by atoms with E-state index in [1.807, 2.05) is 0 Å². The Labute approximate surface area is 109 Å². The van der Waals surface area contributed by atoms with Crippen LogP contribution in [0.4, 0.5) is 20.2 Å². The van der Waals surface area contributed by atoms with Crippen LogP contribution in [-0.4, -0.2) is 5.91 Å². The number of nitrogens with two attached hydrogens (primary N) is 1. The van der Waals surface area contributed by atoms with Crippen molar-refractivity contribution in [2.24, 2.45) is 0 Å². The number of halogens is 2. The Hall–Kier alpha value is -2.43. The minimum Gasteiger partial charge on any atom is -0.396 e. The number of amides is 1. The van der Waals surface area contributed by atoms with E-state index in [0.29, 0.717) is 5.69 Å². The standard InChI is InChI=1S/C14H12F2N2O/c1-8-2-4-11(15)10(6-8)14(19)18-9-3-5-12(16)13(17)7-9/h2-7H,17H2,1H3,(H,18,19). The van der Waals surface area contributed by atoms with E-state index in [0.717, 1.165) is 11.6 Å². The molecule has 3 N–H and O–H groups in total. The Morgan fingerprint density at radius 3 is 2.47 bits per heavy atom. The van der Waals surface area contributed by atoms with E-state index < -0.39 is 17.5 Å². The molecule has 0 aliphatic heterocycles. The fraction of sp³-hybridized carbons (Fsp3) is 0.0714. The molecule has 98 valence electrons. The maximum atomic E-state index is 13.5. The van der Waals surface area contributed by atoms with Crippen molar-refractivity contribution >= 4 is 17.3 Å². The molecule has 0 saturated heterocycles. The van der Waals surface area contributed by atoms with Crippen molar-refractivity contribution in [1.82, 2.24) is 0 Å². The van der Waals surface area contributed by atoms with Crippen molar-refractivity contribution < 1.29 is 13.6 Å². The van der Waals surface area contributed by atoms with Gasteiger partial charge in [-0.1, -0.05) is 11.6 Å². The number of benzene rings is 2. The largest absolute Gasteiger partial charge is 0.396 e. The first-order valence-corrected chi connectivity index (χ1v) is 5.60. The maximum absolute atomic E-state index is 13.5. The molecule has 19 heavy (non-hydrogen) atoms. The van der Waals surface area contributed by atoms with Gasteiger partial charge in [-0.25, -0.2) is 8.78 Å². The highest BCUT2D eigenvalue weighted by Gasteiger charge is 2.12. The van der Waals surface area contributed by atoms with Crippen LogP contribution in [0.15, 0.2) is 36.4 Å². The SMILES string of the molecule is Cc1ccc(F)c(C(=O)Nc2ccc(F)c(N)c2)c1. The first kappa shape index (κ1) is 13.0. The molecule has 0 unspecified atom stereocenters. The first-order chi connectivity index (χ1) is 8.97. The molecule has 0 radical (unpaired) electrons. The summed E-state index contributed by atoms with van der Waals surface area (Å²) in [7, 11) is 0. The van der Waals surface area contributed by atoms with Crippen molar-refractivity contribution in [2.75, 3.05) is 11.1 Å². The predicted molar refractivity (Wildman–Crippen MR) is 69.9 cm³/mol. The molecule has 0 aliphatic rings. The van der Waals surface area contributed by atoms with Gasteiger partial charge in [-0.05, 0) is 37.3 Å². The maximum Gasteiger partial charge on any atom is 0.258 e. The van der Waals surface area contributed by atoms with Crippen molar-refractivity contribution in [3.63, 3.8) is 0 Å². The predicted octanol–water partition coefficient (Wildman–Crippen LogP) is 3.11. The van der Waals surface area contributed by atoms with Gasteiger partial charge in [-0.2, -0.15) is 0 Å². The third-order valence-corrected chi connectivity index (χ3v) is 2.62. The molecular weight excluding hydrogens is 250 g/mol. The first-order valence-electron chi connectivity index (χ1n) is 5.60. The zero-order valence-electron chi connectivity index (χ0n) is 10.2. The number of rotatable bonds is 2. The van der Waals surface area contributed by atoms with Gasteiger partial charge in [0.1, 0.15) is 11.6 Å². The highest BCUT2D eigenvalue weighted by atomic mass is 19.1. The van der Waals surface area contributed by atoms with E-state index in [2.05, 4.69) is 5.32 Å². The number of hydrogen-bond donors (Lipinski definition) is 2. The van der Waals surface area contributed by atoms with Gasteiger partial charge in [0.15, 0.2) is 0 Å². The van der Waals surface area contributed by atoms with Crippen LogP contribution < -0.4 is 11.1 Å². The molecule has 2 aromatic rings. The van der Waals surface area contributed by atoms with Gasteiger partial charge < -0.3 is 11.1 Å². The normalized spacial score (nSPS) is 10.3. The van der Waals surface area contributed by atoms with Crippen molar-refractivity contribution in [1.29, 1.82) is 0 Å². The zero-order chi connectivity index (χ0) is 14.0. The van der Waals surface area contributed by atoms with Gasteiger partial charge >= 0.3 is 0 Å². The number of carbonyl (C=O) groups is 1. The summed E-state index contributed by atoms with van der Waals surface area (Å²) in [6.07, 6.45) is 0. The number of carbonyl (C=O) groups excluding carboxylic acids is 1. The molecule has 0 saturated carbocycles. The van der Waals surface area contributed by atoms with Gasteiger partial charge in [-0.3, -0.25) is 4.79 Å². The Bertz CT molecular complexity index is 641. The van der Waals surface area contributed by atoms with Crippen LogP contribution in [0.1, 0.15) is 15.9 Å². The van der Waals surface area contributed by atoms with Crippen LogP contribution in [-0.2, 0) is 0 Å². The van der Waals surface area contributed by atoms with Gasteiger partial charge in [0.05, 0.1) is 11.3 Å². The molecule has 0 atom stereocenters. The number of nitrogens with one attached hydrogen (secondary N) is 1. The molecule has 0 heterocycles. The Balaban J connectivity index is 2.25. The summed E-state index contributed by atoms with van der Waals surface area (Å²) in [4.78, 5) is 11.9. The molecule has 2 rings (SSSR count). The fourth-order valence-corrected chi connectivity index (χ4v) is 1.63. The lowest BCUT2D eigenvalue weighted by molar-refractivity contribution is 0.102. The molecule has 5 heteroatoms. The van der Waals surface area contributed by atoms with Crippen LogP contribution in [0, 0.1) is 18.6 Å². The molecule has 1 amide bonds. The van der Waals surface area contributed by atoms with E-state index in [4.69, 9.17) is 5.73 Å². The number of aryl methyl sites for hydroxylation is 1. The summed E-state index contributed by atoms with van der Waals surface area (Å²) >= 11 is 0. The van der Waals surface area contributed by atoms with Gasteiger partial charge in [-0.15, -0.1) is 0 Å². The molecule has 0 bridgehead atoms. The summed E-state index contributed by atoms with van der Waals surface area (Å²) in [5.74, 6) is -1.79. The minimum absolute atomic E-state index is 0.0668. The Morgan fingerprint density at radius 1 is 1.11 bits per heavy atom. The molecule has 0 aliphatic carbocycles. The van der Waals surface area contributed by atoms with E-state index in [1.54, 1.807) is 13.0 Å². The van der Waals surface area contributed by atoms with Gasteiger partial charge in [0.2, 0.25) is 0 Å². The highest BCUT2D eigenvalue weighted by Crippen LogP contribution is 2.18. The molecule has 0 spiro atoms. The van der Waals surface area contributed by atoms with E-state index >= 15 is 0 Å². The van der Waals surface area contributed by atoms with E-state index in [9.17, 15) is 13.6 Å². The lowest BCUT2D eigenvalue weighted by Gasteiger charge is -2.08. The second-order valence-corrected chi connectivity index (χ2v) is 4.17. The average Bonchev–Trinajstić information content (AvgIpc) is 2.36. The Kier molecular flexibility index (Phi) is 3.46. The van der Waals surface area contributed by atoms with Crippen LogP contribution in [0.3, 0.4) is 0 Å². The molecule has 0 fully saturated rings. The van der Waals surface area contributed by atoms with Crippen LogP contribution in [0.25, 0.3) is 0 Å². The Morgan fingerprint density at radius 2 is 1.79 bits per heavy atom. The fourth-order valence-electron chi connectivity index (χ4n) is 1.63. The summed E-state index contributed by atoms with van der Waals surface area (Å²) in [6.45, 7) is 1.76. The summed E-state index contributed by atoms with van der Waals surface area (Å²) in [6, 6.07) is 8.01. The lowest BCUT2D eigenvalue weighted by Crippen LogP contribution is -2.14. The number of anilines is 2. The second-order valence-electron chi connectivity index (χ2n) is 4.17. The van der Waals surface area contributed by atoms with Crippen LogP contribution in [0.5, 0.6) is 0 Å². The molecule has 0 aromatic heterocycles. The van der Waals surface area contributed by atoms with E-state index in [1.165, 1.54) is 24.3 Å². The lowest BCUT2D eigenvalue weighted by atomic mass is 10.1. The molecule has 2 aromatic carbocycles. The summed E-state index contributed by atoms with van der Waals surface area (Å²) < 4.78 is 26.5.